The highest BCUT2D eigenvalue weighted by atomic mass is 32.2. The van der Waals surface area contributed by atoms with Gasteiger partial charge in [-0.3, -0.25) is 4.79 Å². The minimum Gasteiger partial charge on any atom is -0.486 e. The number of hydrogen-bond acceptors (Lipinski definition) is 7. The molecule has 30 heavy (non-hydrogen) atoms. The SMILES string of the molecule is O=C(Cc1ccc2c(c1)OCCO2)OCc1cccc(S(=O)(=O)N2CCOCC2)c1. The average molecular weight is 433 g/mol. The smallest absolute Gasteiger partial charge is 0.310 e. The molecule has 1 saturated heterocycles. The van der Waals surface area contributed by atoms with E-state index in [9.17, 15) is 13.2 Å². The lowest BCUT2D eigenvalue weighted by molar-refractivity contribution is -0.144. The largest absolute Gasteiger partial charge is 0.486 e. The Labute approximate surface area is 175 Å². The van der Waals surface area contributed by atoms with Gasteiger partial charge in [-0.25, -0.2) is 8.42 Å². The molecule has 160 valence electrons. The summed E-state index contributed by atoms with van der Waals surface area (Å²) in [5, 5.41) is 0. The van der Waals surface area contributed by atoms with Gasteiger partial charge in [-0.1, -0.05) is 18.2 Å². The van der Waals surface area contributed by atoms with Gasteiger partial charge in [0.1, 0.15) is 19.8 Å². The van der Waals surface area contributed by atoms with Crippen molar-refractivity contribution in [1.29, 1.82) is 0 Å². The van der Waals surface area contributed by atoms with E-state index < -0.39 is 16.0 Å². The first kappa shape index (κ1) is 20.6. The molecule has 2 heterocycles. The van der Waals surface area contributed by atoms with Crippen molar-refractivity contribution < 1.29 is 32.2 Å². The van der Waals surface area contributed by atoms with Crippen LogP contribution < -0.4 is 9.47 Å². The van der Waals surface area contributed by atoms with Crippen LogP contribution in [0.25, 0.3) is 0 Å². The fourth-order valence-electron chi connectivity index (χ4n) is 3.31. The molecule has 4 rings (SSSR count). The maximum atomic E-state index is 12.8. The van der Waals surface area contributed by atoms with Gasteiger partial charge in [0.2, 0.25) is 10.0 Å². The first-order valence-corrected chi connectivity index (χ1v) is 11.2. The number of carbonyl (C=O) groups is 1. The van der Waals surface area contributed by atoms with Crippen LogP contribution in [0.2, 0.25) is 0 Å². The van der Waals surface area contributed by atoms with Crippen LogP contribution in [0.1, 0.15) is 11.1 Å². The zero-order valence-electron chi connectivity index (χ0n) is 16.4. The maximum Gasteiger partial charge on any atom is 0.310 e. The molecule has 0 atom stereocenters. The Morgan fingerprint density at radius 2 is 1.70 bits per heavy atom. The molecule has 0 saturated carbocycles. The van der Waals surface area contributed by atoms with Crippen LogP contribution in [-0.4, -0.2) is 58.2 Å². The molecule has 0 radical (unpaired) electrons. The second-order valence-corrected chi connectivity index (χ2v) is 8.92. The predicted molar refractivity (Wildman–Crippen MR) is 107 cm³/mol. The topological polar surface area (TPSA) is 91.4 Å². The molecule has 0 aliphatic carbocycles. The van der Waals surface area contributed by atoms with Crippen molar-refractivity contribution in [3.05, 3.63) is 53.6 Å². The van der Waals surface area contributed by atoms with Gasteiger partial charge in [-0.2, -0.15) is 4.31 Å². The summed E-state index contributed by atoms with van der Waals surface area (Å²) in [6.07, 6.45) is 0.0857. The van der Waals surface area contributed by atoms with Crippen molar-refractivity contribution >= 4 is 16.0 Å². The number of morpholine rings is 1. The Bertz CT molecular complexity index is 1020. The molecular formula is C21H23NO7S. The van der Waals surface area contributed by atoms with E-state index in [0.717, 1.165) is 5.56 Å². The van der Waals surface area contributed by atoms with Crippen LogP contribution in [0.3, 0.4) is 0 Å². The zero-order chi connectivity index (χ0) is 21.0. The Morgan fingerprint density at radius 1 is 0.933 bits per heavy atom. The summed E-state index contributed by atoms with van der Waals surface area (Å²) < 4.78 is 48.5. The molecule has 0 spiro atoms. The Kier molecular flexibility index (Phi) is 6.21. The van der Waals surface area contributed by atoms with Gasteiger partial charge in [-0.15, -0.1) is 0 Å². The van der Waals surface area contributed by atoms with Crippen LogP contribution in [0.5, 0.6) is 11.5 Å². The number of rotatable bonds is 6. The van der Waals surface area contributed by atoms with Gasteiger partial charge in [0.15, 0.2) is 11.5 Å². The molecule has 9 heteroatoms. The number of esters is 1. The molecule has 2 aliphatic heterocycles. The highest BCUT2D eigenvalue weighted by molar-refractivity contribution is 7.89. The van der Waals surface area contributed by atoms with Gasteiger partial charge in [0, 0.05) is 13.1 Å². The number of sulfonamides is 1. The van der Waals surface area contributed by atoms with Crippen LogP contribution in [0, 0.1) is 0 Å². The van der Waals surface area contributed by atoms with Gasteiger partial charge in [-0.05, 0) is 35.4 Å². The lowest BCUT2D eigenvalue weighted by Crippen LogP contribution is -2.40. The van der Waals surface area contributed by atoms with Crippen molar-refractivity contribution in [3.63, 3.8) is 0 Å². The monoisotopic (exact) mass is 433 g/mol. The van der Waals surface area contributed by atoms with E-state index in [-0.39, 0.29) is 17.9 Å². The summed E-state index contributed by atoms with van der Waals surface area (Å²) in [5.41, 5.74) is 1.37. The van der Waals surface area contributed by atoms with E-state index in [4.69, 9.17) is 18.9 Å². The average Bonchev–Trinajstić information content (AvgIpc) is 2.78. The molecule has 0 N–H and O–H groups in total. The predicted octanol–water partition coefficient (Wildman–Crippen LogP) is 1.76. The van der Waals surface area contributed by atoms with Crippen LogP contribution >= 0.6 is 0 Å². The number of hydrogen-bond donors (Lipinski definition) is 0. The Morgan fingerprint density at radius 3 is 2.50 bits per heavy atom. The first-order chi connectivity index (χ1) is 14.5. The summed E-state index contributed by atoms with van der Waals surface area (Å²) in [6.45, 7) is 2.41. The molecule has 0 amide bonds. The number of nitrogens with zero attached hydrogens (tertiary/aromatic N) is 1. The van der Waals surface area contributed by atoms with Crippen molar-refractivity contribution in [2.24, 2.45) is 0 Å². The fraction of sp³-hybridized carbons (Fsp3) is 0.381. The van der Waals surface area contributed by atoms with Crippen molar-refractivity contribution in [1.82, 2.24) is 4.31 Å². The summed E-state index contributed by atoms with van der Waals surface area (Å²) in [7, 11) is -3.59. The van der Waals surface area contributed by atoms with E-state index in [0.29, 0.717) is 56.6 Å². The zero-order valence-corrected chi connectivity index (χ0v) is 17.2. The second kappa shape index (κ2) is 9.03. The molecule has 2 aliphatic rings. The molecular weight excluding hydrogens is 410 g/mol. The molecule has 0 bridgehead atoms. The lowest BCUT2D eigenvalue weighted by atomic mass is 10.1. The molecule has 2 aromatic rings. The highest BCUT2D eigenvalue weighted by Gasteiger charge is 2.26. The third-order valence-electron chi connectivity index (χ3n) is 4.86. The van der Waals surface area contributed by atoms with Gasteiger partial charge < -0.3 is 18.9 Å². The molecule has 0 aromatic heterocycles. The number of benzene rings is 2. The normalized spacial score (nSPS) is 16.8. The number of fused-ring (bicyclic) bond motifs is 1. The number of carbonyl (C=O) groups excluding carboxylic acids is 1. The van der Waals surface area contributed by atoms with E-state index in [1.165, 1.54) is 4.31 Å². The van der Waals surface area contributed by atoms with E-state index in [1.54, 1.807) is 42.5 Å². The summed E-state index contributed by atoms with van der Waals surface area (Å²) in [5.74, 6) is 0.873. The Balaban J connectivity index is 1.37. The standard InChI is InChI=1S/C21H23NO7S/c23-21(14-16-4-5-19-20(13-16)28-11-10-27-19)29-15-17-2-1-3-18(12-17)30(24,25)22-6-8-26-9-7-22/h1-5,12-13H,6-11,14-15H2. The number of ether oxygens (including phenoxy) is 4. The van der Waals surface area contributed by atoms with Crippen molar-refractivity contribution in [2.45, 2.75) is 17.9 Å². The van der Waals surface area contributed by atoms with Gasteiger partial charge in [0.25, 0.3) is 0 Å². The summed E-state index contributed by atoms with van der Waals surface area (Å²) in [6, 6.07) is 11.8. The van der Waals surface area contributed by atoms with E-state index in [2.05, 4.69) is 0 Å². The molecule has 8 nitrogen and oxygen atoms in total. The van der Waals surface area contributed by atoms with Crippen LogP contribution in [0.4, 0.5) is 0 Å². The van der Waals surface area contributed by atoms with Gasteiger partial charge in [0.05, 0.1) is 24.5 Å². The highest BCUT2D eigenvalue weighted by Crippen LogP contribution is 2.31. The summed E-state index contributed by atoms with van der Waals surface area (Å²) in [4.78, 5) is 12.4. The Hall–Kier alpha value is -2.62. The first-order valence-electron chi connectivity index (χ1n) is 9.73. The molecule has 0 unspecified atom stereocenters. The third kappa shape index (κ3) is 4.75. The van der Waals surface area contributed by atoms with E-state index in [1.807, 2.05) is 0 Å². The minimum absolute atomic E-state index is 0.00411. The molecule has 2 aromatic carbocycles. The second-order valence-electron chi connectivity index (χ2n) is 6.98. The lowest BCUT2D eigenvalue weighted by Gasteiger charge is -2.26. The van der Waals surface area contributed by atoms with Crippen LogP contribution in [-0.2, 0) is 37.3 Å². The minimum atomic E-state index is -3.59. The van der Waals surface area contributed by atoms with Crippen LogP contribution in [0.15, 0.2) is 47.4 Å². The third-order valence-corrected chi connectivity index (χ3v) is 6.76. The quantitative estimate of drug-likeness (QED) is 0.641. The maximum absolute atomic E-state index is 12.8. The van der Waals surface area contributed by atoms with Crippen molar-refractivity contribution in [2.75, 3.05) is 39.5 Å². The van der Waals surface area contributed by atoms with E-state index >= 15 is 0 Å². The molecule has 1 fully saturated rings. The fourth-order valence-corrected chi connectivity index (χ4v) is 4.79. The van der Waals surface area contributed by atoms with Crippen molar-refractivity contribution in [3.8, 4) is 11.5 Å². The van der Waals surface area contributed by atoms with Gasteiger partial charge >= 0.3 is 5.97 Å². The summed E-state index contributed by atoms with van der Waals surface area (Å²) >= 11 is 0.